The van der Waals surface area contributed by atoms with Gasteiger partial charge in [-0.25, -0.2) is 0 Å². The van der Waals surface area contributed by atoms with E-state index in [4.69, 9.17) is 0 Å². The van der Waals surface area contributed by atoms with Gasteiger partial charge >= 0.3 is 6.61 Å². The van der Waals surface area contributed by atoms with Crippen molar-refractivity contribution in [3.8, 4) is 5.75 Å². The lowest BCUT2D eigenvalue weighted by molar-refractivity contribution is -0.0498. The molecule has 2 nitrogen and oxygen atoms in total. The van der Waals surface area contributed by atoms with Gasteiger partial charge in [-0.2, -0.15) is 8.78 Å². The first-order valence-corrected chi connectivity index (χ1v) is 7.54. The number of hydrogen-bond acceptors (Lipinski definition) is 3. The van der Waals surface area contributed by atoms with E-state index in [0.717, 1.165) is 12.2 Å². The maximum absolute atomic E-state index is 12.1. The predicted octanol–water partition coefficient (Wildman–Crippen LogP) is 5.26. The van der Waals surface area contributed by atoms with Crippen molar-refractivity contribution in [2.75, 3.05) is 5.32 Å². The molecule has 1 heterocycles. The molecule has 0 atom stereocenters. The van der Waals surface area contributed by atoms with Gasteiger partial charge in [-0.05, 0) is 41.8 Å². The highest BCUT2D eigenvalue weighted by Crippen LogP contribution is 2.29. The molecular weight excluding hydrogens is 292 g/mol. The van der Waals surface area contributed by atoms with Crippen LogP contribution >= 0.6 is 11.3 Å². The maximum atomic E-state index is 12.1. The lowest BCUT2D eigenvalue weighted by Crippen LogP contribution is -2.07. The summed E-state index contributed by atoms with van der Waals surface area (Å²) < 4.78 is 28.4. The molecule has 21 heavy (non-hydrogen) atoms. The quantitative estimate of drug-likeness (QED) is 0.813. The van der Waals surface area contributed by atoms with E-state index in [1.165, 1.54) is 21.9 Å². The molecule has 0 unspecified atom stereocenters. The third kappa shape index (κ3) is 4.70. The number of benzene rings is 1. The van der Waals surface area contributed by atoms with Crippen molar-refractivity contribution < 1.29 is 13.5 Å². The summed E-state index contributed by atoms with van der Waals surface area (Å²) in [6.45, 7) is 4.51. The summed E-state index contributed by atoms with van der Waals surface area (Å²) in [7, 11) is 0. The number of thiophene rings is 1. The lowest BCUT2D eigenvalue weighted by Gasteiger charge is -2.15. The van der Waals surface area contributed by atoms with Crippen molar-refractivity contribution in [2.24, 2.45) is 0 Å². The van der Waals surface area contributed by atoms with E-state index in [9.17, 15) is 8.78 Å². The second-order valence-corrected chi connectivity index (χ2v) is 6.94. The Morgan fingerprint density at radius 1 is 1.10 bits per heavy atom. The predicted molar refractivity (Wildman–Crippen MR) is 83.4 cm³/mol. The summed E-state index contributed by atoms with van der Waals surface area (Å²) in [5.41, 5.74) is 1.04. The van der Waals surface area contributed by atoms with Gasteiger partial charge in [0.15, 0.2) is 0 Å². The van der Waals surface area contributed by atoms with E-state index in [0.29, 0.717) is 0 Å². The molecule has 2 rings (SSSR count). The third-order valence-electron chi connectivity index (χ3n) is 2.95. The molecule has 1 aromatic heterocycles. The molecule has 0 bridgehead atoms. The lowest BCUT2D eigenvalue weighted by atomic mass is 9.95. The molecule has 0 amide bonds. The second kappa shape index (κ2) is 6.43. The van der Waals surface area contributed by atoms with Gasteiger partial charge in [-0.1, -0.05) is 20.8 Å². The molecule has 1 aromatic carbocycles. The molecule has 0 aliphatic rings. The van der Waals surface area contributed by atoms with Crippen LogP contribution in [-0.2, 0) is 12.0 Å². The molecule has 0 fully saturated rings. The fourth-order valence-corrected chi connectivity index (χ4v) is 2.82. The van der Waals surface area contributed by atoms with E-state index >= 15 is 0 Å². The van der Waals surface area contributed by atoms with Crippen LogP contribution in [-0.4, -0.2) is 6.61 Å². The molecule has 1 N–H and O–H groups in total. The molecule has 114 valence electrons. The number of hydrogen-bond donors (Lipinski definition) is 1. The first kappa shape index (κ1) is 15.8. The number of halogens is 2. The normalized spacial score (nSPS) is 11.7. The van der Waals surface area contributed by atoms with Gasteiger partial charge in [0.25, 0.3) is 0 Å². The van der Waals surface area contributed by atoms with Crippen LogP contribution in [0.2, 0.25) is 0 Å². The van der Waals surface area contributed by atoms with E-state index < -0.39 is 6.61 Å². The Hall–Kier alpha value is -1.62. The summed E-state index contributed by atoms with van der Waals surface area (Å²) in [5.74, 6) is 0.168. The summed E-state index contributed by atoms with van der Waals surface area (Å²) in [6, 6.07) is 10.8. The first-order valence-electron chi connectivity index (χ1n) is 6.72. The monoisotopic (exact) mass is 311 g/mol. The van der Waals surface area contributed by atoms with Crippen molar-refractivity contribution in [2.45, 2.75) is 39.3 Å². The Labute approximate surface area is 127 Å². The Morgan fingerprint density at radius 3 is 2.29 bits per heavy atom. The molecule has 0 saturated heterocycles. The smallest absolute Gasteiger partial charge is 0.387 e. The van der Waals surface area contributed by atoms with Crippen LogP contribution in [0, 0.1) is 0 Å². The minimum atomic E-state index is -2.79. The van der Waals surface area contributed by atoms with E-state index in [1.807, 2.05) is 0 Å². The van der Waals surface area contributed by atoms with Gasteiger partial charge in [-0.15, -0.1) is 11.3 Å². The van der Waals surface area contributed by atoms with Gasteiger partial charge < -0.3 is 10.1 Å². The van der Waals surface area contributed by atoms with Crippen molar-refractivity contribution in [3.63, 3.8) is 0 Å². The largest absolute Gasteiger partial charge is 0.435 e. The van der Waals surface area contributed by atoms with E-state index in [-0.39, 0.29) is 11.2 Å². The van der Waals surface area contributed by atoms with E-state index in [1.54, 1.807) is 23.5 Å². The average Bonchev–Trinajstić information content (AvgIpc) is 2.86. The molecule has 5 heteroatoms. The van der Waals surface area contributed by atoms with Crippen molar-refractivity contribution in [3.05, 3.63) is 46.2 Å². The Morgan fingerprint density at radius 2 is 1.76 bits per heavy atom. The summed E-state index contributed by atoms with van der Waals surface area (Å²) in [5, 5.41) is 3.27. The van der Waals surface area contributed by atoms with Gasteiger partial charge in [0.2, 0.25) is 0 Å². The number of rotatable bonds is 5. The van der Waals surface area contributed by atoms with Crippen molar-refractivity contribution in [1.29, 1.82) is 0 Å². The Bertz CT molecular complexity index is 573. The molecular formula is C16H19F2NOS. The fourth-order valence-electron chi connectivity index (χ4n) is 1.82. The molecule has 0 aliphatic heterocycles. The number of anilines is 1. The zero-order chi connectivity index (χ0) is 15.5. The number of alkyl halides is 2. The van der Waals surface area contributed by atoms with Crippen LogP contribution in [0.25, 0.3) is 0 Å². The summed E-state index contributed by atoms with van der Waals surface area (Å²) >= 11 is 1.78. The van der Waals surface area contributed by atoms with Gasteiger partial charge in [-0.3, -0.25) is 0 Å². The average molecular weight is 311 g/mol. The minimum Gasteiger partial charge on any atom is -0.435 e. The number of nitrogens with one attached hydrogen (secondary N) is 1. The summed E-state index contributed by atoms with van der Waals surface area (Å²) in [4.78, 5) is 2.59. The van der Waals surface area contributed by atoms with Crippen molar-refractivity contribution in [1.82, 2.24) is 0 Å². The third-order valence-corrected chi connectivity index (χ3v) is 4.46. The van der Waals surface area contributed by atoms with Gasteiger partial charge in [0, 0.05) is 22.0 Å². The van der Waals surface area contributed by atoms with Crippen LogP contribution in [0.15, 0.2) is 36.4 Å². The van der Waals surface area contributed by atoms with Crippen LogP contribution in [0.4, 0.5) is 14.5 Å². The van der Waals surface area contributed by atoms with Crippen LogP contribution in [0.3, 0.4) is 0 Å². The maximum Gasteiger partial charge on any atom is 0.387 e. The SMILES string of the molecule is CC(C)(C)c1ccc(CNc2ccc(OC(F)F)cc2)s1. The molecule has 2 aromatic rings. The first-order chi connectivity index (χ1) is 9.84. The zero-order valence-electron chi connectivity index (χ0n) is 12.3. The minimum absolute atomic E-state index is 0.164. The standard InChI is InChI=1S/C16H19F2NOS/c1-16(2,3)14-9-8-13(21-14)10-19-11-4-6-12(7-5-11)20-15(17)18/h4-9,15,19H,10H2,1-3H3. The van der Waals surface area contributed by atoms with Crippen molar-refractivity contribution >= 4 is 17.0 Å². The molecule has 0 radical (unpaired) electrons. The molecule has 0 saturated carbocycles. The van der Waals surface area contributed by atoms with Crippen LogP contribution < -0.4 is 10.1 Å². The Balaban J connectivity index is 1.92. The Kier molecular flexibility index (Phi) is 4.83. The molecule has 0 spiro atoms. The zero-order valence-corrected chi connectivity index (χ0v) is 13.1. The topological polar surface area (TPSA) is 21.3 Å². The van der Waals surface area contributed by atoms with E-state index in [2.05, 4.69) is 43.0 Å². The highest BCUT2D eigenvalue weighted by Gasteiger charge is 2.15. The molecule has 0 aliphatic carbocycles. The second-order valence-electron chi connectivity index (χ2n) is 5.77. The fraction of sp³-hybridized carbons (Fsp3) is 0.375. The van der Waals surface area contributed by atoms with Gasteiger partial charge in [0.05, 0.1) is 0 Å². The highest BCUT2D eigenvalue weighted by atomic mass is 32.1. The summed E-state index contributed by atoms with van der Waals surface area (Å²) in [6.07, 6.45) is 0. The van der Waals surface area contributed by atoms with Crippen LogP contribution in [0.5, 0.6) is 5.75 Å². The highest BCUT2D eigenvalue weighted by molar-refractivity contribution is 7.12. The number of ether oxygens (including phenoxy) is 1. The van der Waals surface area contributed by atoms with Gasteiger partial charge in [0.1, 0.15) is 5.75 Å². The van der Waals surface area contributed by atoms with Crippen LogP contribution in [0.1, 0.15) is 30.5 Å².